The molecule has 2 atom stereocenters. The van der Waals surface area contributed by atoms with E-state index in [1.807, 2.05) is 24.3 Å². The summed E-state index contributed by atoms with van der Waals surface area (Å²) in [5, 5.41) is 4.34. The maximum atomic E-state index is 13.1. The first kappa shape index (κ1) is 13.6. The standard InChI is InChI=1S/C15H15FN2O3/c1-20-11-3-2-9-4-5-17-15(12(9)7-11)21-8-10-6-13(16)14(19)18-10/h2-5,7,10,13H,6,8H2,1H3,(H,18,19)/t10-,13+/m0/s1. The number of halogens is 1. The highest BCUT2D eigenvalue weighted by Gasteiger charge is 2.32. The fourth-order valence-corrected chi connectivity index (χ4v) is 2.36. The van der Waals surface area contributed by atoms with Gasteiger partial charge in [0.05, 0.1) is 13.2 Å². The van der Waals surface area contributed by atoms with E-state index in [0.29, 0.717) is 11.6 Å². The van der Waals surface area contributed by atoms with Gasteiger partial charge >= 0.3 is 0 Å². The van der Waals surface area contributed by atoms with Gasteiger partial charge in [-0.3, -0.25) is 4.79 Å². The molecular formula is C15H15FN2O3. The van der Waals surface area contributed by atoms with Gasteiger partial charge < -0.3 is 14.8 Å². The minimum atomic E-state index is -1.45. The Labute approximate surface area is 121 Å². The Morgan fingerprint density at radius 2 is 2.29 bits per heavy atom. The number of methoxy groups -OCH3 is 1. The summed E-state index contributed by atoms with van der Waals surface area (Å²) in [6.45, 7) is 0.190. The van der Waals surface area contributed by atoms with Crippen LogP contribution in [0.3, 0.4) is 0 Å². The van der Waals surface area contributed by atoms with Crippen molar-refractivity contribution in [2.45, 2.75) is 18.6 Å². The molecule has 1 aliphatic rings. The first-order chi connectivity index (χ1) is 10.2. The molecule has 0 spiro atoms. The van der Waals surface area contributed by atoms with E-state index in [4.69, 9.17) is 9.47 Å². The SMILES string of the molecule is COc1ccc2ccnc(OC[C@@H]3C[C@@H](F)C(=O)N3)c2c1. The van der Waals surface area contributed by atoms with Crippen LogP contribution in [0.2, 0.25) is 0 Å². The number of hydrogen-bond donors (Lipinski definition) is 1. The van der Waals surface area contributed by atoms with Gasteiger partial charge in [-0.15, -0.1) is 0 Å². The van der Waals surface area contributed by atoms with E-state index in [1.54, 1.807) is 13.3 Å². The third-order valence-corrected chi connectivity index (χ3v) is 3.48. The van der Waals surface area contributed by atoms with Crippen molar-refractivity contribution in [1.82, 2.24) is 10.3 Å². The predicted octanol–water partition coefficient (Wildman–Crippen LogP) is 1.85. The zero-order valence-electron chi connectivity index (χ0n) is 11.5. The number of pyridine rings is 1. The van der Waals surface area contributed by atoms with Gasteiger partial charge in [-0.2, -0.15) is 0 Å². The lowest BCUT2D eigenvalue weighted by Gasteiger charge is -2.13. The molecule has 0 saturated carbocycles. The maximum Gasteiger partial charge on any atom is 0.254 e. The van der Waals surface area contributed by atoms with Gasteiger partial charge in [-0.25, -0.2) is 9.37 Å². The summed E-state index contributed by atoms with van der Waals surface area (Å²) < 4.78 is 24.0. The molecule has 1 fully saturated rings. The summed E-state index contributed by atoms with van der Waals surface area (Å²) in [6.07, 6.45) is 0.335. The third kappa shape index (κ3) is 2.74. The highest BCUT2D eigenvalue weighted by Crippen LogP contribution is 2.27. The molecule has 3 rings (SSSR count). The number of carbonyl (C=O) groups excluding carboxylic acids is 1. The van der Waals surface area contributed by atoms with E-state index in [-0.39, 0.29) is 19.1 Å². The number of alkyl halides is 1. The first-order valence-corrected chi connectivity index (χ1v) is 6.67. The average Bonchev–Trinajstić information content (AvgIpc) is 2.83. The fourth-order valence-electron chi connectivity index (χ4n) is 2.36. The van der Waals surface area contributed by atoms with Crippen LogP contribution in [0, 0.1) is 0 Å². The second kappa shape index (κ2) is 5.55. The molecule has 1 aliphatic heterocycles. The van der Waals surface area contributed by atoms with Crippen molar-refractivity contribution < 1.29 is 18.7 Å². The van der Waals surface area contributed by atoms with Crippen molar-refractivity contribution in [2.75, 3.05) is 13.7 Å². The number of aromatic nitrogens is 1. The molecule has 0 radical (unpaired) electrons. The Morgan fingerprint density at radius 3 is 3.00 bits per heavy atom. The Bertz CT molecular complexity index is 677. The van der Waals surface area contributed by atoms with E-state index >= 15 is 0 Å². The molecule has 21 heavy (non-hydrogen) atoms. The number of amides is 1. The second-order valence-corrected chi connectivity index (χ2v) is 4.92. The topological polar surface area (TPSA) is 60.5 Å². The maximum absolute atomic E-state index is 13.1. The fraction of sp³-hybridized carbons (Fsp3) is 0.333. The third-order valence-electron chi connectivity index (χ3n) is 3.48. The van der Waals surface area contributed by atoms with E-state index in [2.05, 4.69) is 10.3 Å². The molecule has 0 unspecified atom stereocenters. The van der Waals surface area contributed by atoms with Crippen LogP contribution in [0.5, 0.6) is 11.6 Å². The van der Waals surface area contributed by atoms with Crippen LogP contribution >= 0.6 is 0 Å². The summed E-state index contributed by atoms with van der Waals surface area (Å²) in [6, 6.07) is 7.16. The minimum Gasteiger partial charge on any atom is -0.497 e. The van der Waals surface area contributed by atoms with Crippen molar-refractivity contribution in [1.29, 1.82) is 0 Å². The molecule has 0 aliphatic carbocycles. The average molecular weight is 290 g/mol. The number of rotatable bonds is 4. The zero-order valence-corrected chi connectivity index (χ0v) is 11.5. The van der Waals surface area contributed by atoms with Gasteiger partial charge in [-0.05, 0) is 23.6 Å². The summed E-state index contributed by atoms with van der Waals surface area (Å²) in [4.78, 5) is 15.3. The summed E-state index contributed by atoms with van der Waals surface area (Å²) in [5.41, 5.74) is 0. The molecule has 1 saturated heterocycles. The van der Waals surface area contributed by atoms with Crippen molar-refractivity contribution in [3.63, 3.8) is 0 Å². The molecule has 1 N–H and O–H groups in total. The molecule has 1 aromatic carbocycles. The minimum absolute atomic E-state index is 0.132. The smallest absolute Gasteiger partial charge is 0.254 e. The Hall–Kier alpha value is -2.37. The Kier molecular flexibility index (Phi) is 3.60. The van der Waals surface area contributed by atoms with Gasteiger partial charge in [0.2, 0.25) is 5.88 Å². The monoisotopic (exact) mass is 290 g/mol. The van der Waals surface area contributed by atoms with Gasteiger partial charge in [0.25, 0.3) is 5.91 Å². The summed E-state index contributed by atoms with van der Waals surface area (Å²) >= 11 is 0. The molecular weight excluding hydrogens is 275 g/mol. The Morgan fingerprint density at radius 1 is 1.43 bits per heavy atom. The molecule has 1 amide bonds. The van der Waals surface area contributed by atoms with Crippen LogP contribution in [0.25, 0.3) is 10.8 Å². The van der Waals surface area contributed by atoms with E-state index in [9.17, 15) is 9.18 Å². The molecule has 6 heteroatoms. The normalized spacial score (nSPS) is 21.3. The molecule has 2 heterocycles. The number of hydrogen-bond acceptors (Lipinski definition) is 4. The van der Waals surface area contributed by atoms with Crippen molar-refractivity contribution in [2.24, 2.45) is 0 Å². The van der Waals surface area contributed by atoms with E-state index < -0.39 is 12.1 Å². The number of ether oxygens (including phenoxy) is 2. The molecule has 110 valence electrons. The van der Waals surface area contributed by atoms with E-state index in [1.165, 1.54) is 0 Å². The number of fused-ring (bicyclic) bond motifs is 1. The number of benzene rings is 1. The van der Waals surface area contributed by atoms with Crippen LogP contribution in [0.1, 0.15) is 6.42 Å². The highest BCUT2D eigenvalue weighted by molar-refractivity contribution is 5.88. The quantitative estimate of drug-likeness (QED) is 0.933. The number of nitrogens with one attached hydrogen (secondary N) is 1. The molecule has 1 aromatic heterocycles. The lowest BCUT2D eigenvalue weighted by atomic mass is 10.1. The van der Waals surface area contributed by atoms with Gasteiger partial charge in [0.15, 0.2) is 6.17 Å². The van der Waals surface area contributed by atoms with Crippen molar-refractivity contribution in [3.8, 4) is 11.6 Å². The summed E-state index contributed by atoms with van der Waals surface area (Å²) in [7, 11) is 1.59. The van der Waals surface area contributed by atoms with Crippen LogP contribution in [0.15, 0.2) is 30.5 Å². The molecule has 5 nitrogen and oxygen atoms in total. The van der Waals surface area contributed by atoms with Crippen LogP contribution in [-0.4, -0.2) is 36.8 Å². The number of nitrogens with zero attached hydrogens (tertiary/aromatic N) is 1. The van der Waals surface area contributed by atoms with Crippen LogP contribution in [0.4, 0.5) is 4.39 Å². The van der Waals surface area contributed by atoms with Crippen molar-refractivity contribution in [3.05, 3.63) is 30.5 Å². The van der Waals surface area contributed by atoms with Crippen molar-refractivity contribution >= 4 is 16.7 Å². The van der Waals surface area contributed by atoms with Gasteiger partial charge in [0, 0.05) is 18.0 Å². The van der Waals surface area contributed by atoms with E-state index in [0.717, 1.165) is 10.8 Å². The lowest BCUT2D eigenvalue weighted by molar-refractivity contribution is -0.123. The Balaban J connectivity index is 1.79. The zero-order chi connectivity index (χ0) is 14.8. The van der Waals surface area contributed by atoms with Crippen LogP contribution in [-0.2, 0) is 4.79 Å². The first-order valence-electron chi connectivity index (χ1n) is 6.67. The van der Waals surface area contributed by atoms with Gasteiger partial charge in [-0.1, -0.05) is 6.07 Å². The number of carbonyl (C=O) groups is 1. The van der Waals surface area contributed by atoms with Crippen LogP contribution < -0.4 is 14.8 Å². The highest BCUT2D eigenvalue weighted by atomic mass is 19.1. The summed E-state index contributed by atoms with van der Waals surface area (Å²) in [5.74, 6) is 0.581. The van der Waals surface area contributed by atoms with Gasteiger partial charge in [0.1, 0.15) is 12.4 Å². The second-order valence-electron chi connectivity index (χ2n) is 4.92. The predicted molar refractivity (Wildman–Crippen MR) is 75.2 cm³/mol. The lowest BCUT2D eigenvalue weighted by Crippen LogP contribution is -2.31. The molecule has 2 aromatic rings. The molecule has 0 bridgehead atoms. The largest absolute Gasteiger partial charge is 0.497 e.